The van der Waals surface area contributed by atoms with Crippen molar-refractivity contribution in [1.82, 2.24) is 14.9 Å². The summed E-state index contributed by atoms with van der Waals surface area (Å²) >= 11 is 0. The summed E-state index contributed by atoms with van der Waals surface area (Å²) in [5.74, 6) is 1.28. The zero-order chi connectivity index (χ0) is 17.0. The lowest BCUT2D eigenvalue weighted by Gasteiger charge is -2.44. The van der Waals surface area contributed by atoms with Gasteiger partial charge in [0.15, 0.2) is 0 Å². The molecule has 2 atom stereocenters. The predicted octanol–water partition coefficient (Wildman–Crippen LogP) is 2.93. The van der Waals surface area contributed by atoms with Crippen LogP contribution < -0.4 is 4.74 Å². The molecule has 5 heteroatoms. The molecular weight excluding hydrogens is 314 g/mol. The van der Waals surface area contributed by atoms with Crippen LogP contribution in [0.25, 0.3) is 0 Å². The third kappa shape index (κ3) is 3.83. The Balaban J connectivity index is 1.40. The third-order valence-corrected chi connectivity index (χ3v) is 5.43. The number of rotatable bonds is 5. The van der Waals surface area contributed by atoms with Crippen LogP contribution in [0, 0.1) is 5.92 Å². The molecule has 0 bridgehead atoms. The molecule has 1 aliphatic heterocycles. The molecule has 0 unspecified atom stereocenters. The minimum atomic E-state index is -0.0620. The van der Waals surface area contributed by atoms with Gasteiger partial charge in [0.1, 0.15) is 5.75 Å². The largest absolute Gasteiger partial charge is 0.492 e. The van der Waals surface area contributed by atoms with E-state index < -0.39 is 0 Å². The van der Waals surface area contributed by atoms with Crippen molar-refractivity contribution in [2.45, 2.75) is 31.4 Å². The Morgan fingerprint density at radius 1 is 1.20 bits per heavy atom. The second-order valence-electron chi connectivity index (χ2n) is 7.07. The Morgan fingerprint density at radius 2 is 2.12 bits per heavy atom. The fraction of sp³-hybridized carbons (Fsp3) is 0.500. The number of hydrogen-bond acceptors (Lipinski definition) is 5. The van der Waals surface area contributed by atoms with E-state index in [-0.39, 0.29) is 5.60 Å². The Hall–Kier alpha value is -1.98. The Kier molecular flexibility index (Phi) is 4.95. The monoisotopic (exact) mass is 339 g/mol. The number of hydrogen-bond donors (Lipinski definition) is 0. The van der Waals surface area contributed by atoms with Gasteiger partial charge in [-0.25, -0.2) is 0 Å². The van der Waals surface area contributed by atoms with Crippen LogP contribution in [0.15, 0.2) is 49.1 Å². The molecule has 5 nitrogen and oxygen atoms in total. The summed E-state index contributed by atoms with van der Waals surface area (Å²) in [5, 5.41) is 0. The van der Waals surface area contributed by atoms with E-state index in [0.717, 1.165) is 38.4 Å². The SMILES string of the molecule is c1cncc(OC[C@@H]2CCC[C@@]23CN(Cc2ccncc2)CCO3)c1. The highest BCUT2D eigenvalue weighted by Gasteiger charge is 2.47. The summed E-state index contributed by atoms with van der Waals surface area (Å²) in [7, 11) is 0. The first-order valence-corrected chi connectivity index (χ1v) is 9.12. The summed E-state index contributed by atoms with van der Waals surface area (Å²) < 4.78 is 12.3. The van der Waals surface area contributed by atoms with Crippen LogP contribution in [0.1, 0.15) is 24.8 Å². The van der Waals surface area contributed by atoms with Crippen LogP contribution in [0.2, 0.25) is 0 Å². The molecule has 2 aromatic rings. The van der Waals surface area contributed by atoms with Crippen LogP contribution in [0.3, 0.4) is 0 Å². The minimum Gasteiger partial charge on any atom is -0.492 e. The minimum absolute atomic E-state index is 0.0620. The summed E-state index contributed by atoms with van der Waals surface area (Å²) in [6.07, 6.45) is 10.8. The smallest absolute Gasteiger partial charge is 0.137 e. The van der Waals surface area contributed by atoms with E-state index in [9.17, 15) is 0 Å². The van der Waals surface area contributed by atoms with Gasteiger partial charge < -0.3 is 9.47 Å². The summed E-state index contributed by atoms with van der Waals surface area (Å²) in [4.78, 5) is 10.7. The lowest BCUT2D eigenvalue weighted by molar-refractivity contribution is -0.137. The van der Waals surface area contributed by atoms with E-state index in [1.165, 1.54) is 18.4 Å². The maximum Gasteiger partial charge on any atom is 0.137 e. The molecule has 1 saturated carbocycles. The van der Waals surface area contributed by atoms with Crippen molar-refractivity contribution in [2.24, 2.45) is 5.92 Å². The van der Waals surface area contributed by atoms with Gasteiger partial charge in [-0.3, -0.25) is 14.9 Å². The molecule has 1 spiro atoms. The summed E-state index contributed by atoms with van der Waals surface area (Å²) in [5.41, 5.74) is 1.25. The van der Waals surface area contributed by atoms with Crippen LogP contribution in [-0.4, -0.2) is 46.8 Å². The maximum absolute atomic E-state index is 6.35. The highest BCUT2D eigenvalue weighted by molar-refractivity contribution is 5.16. The summed E-state index contributed by atoms with van der Waals surface area (Å²) in [6.45, 7) is 4.43. The first-order valence-electron chi connectivity index (χ1n) is 9.12. The number of morpholine rings is 1. The molecule has 0 N–H and O–H groups in total. The zero-order valence-corrected chi connectivity index (χ0v) is 14.5. The molecule has 25 heavy (non-hydrogen) atoms. The van der Waals surface area contributed by atoms with Gasteiger partial charge in [0.25, 0.3) is 0 Å². The van der Waals surface area contributed by atoms with Crippen molar-refractivity contribution in [3.05, 3.63) is 54.6 Å². The molecule has 1 saturated heterocycles. The highest BCUT2D eigenvalue weighted by Crippen LogP contribution is 2.41. The zero-order valence-electron chi connectivity index (χ0n) is 14.5. The molecule has 3 heterocycles. The fourth-order valence-electron chi connectivity index (χ4n) is 4.14. The molecule has 2 aliphatic rings. The second-order valence-corrected chi connectivity index (χ2v) is 7.07. The molecule has 2 aromatic heterocycles. The van der Waals surface area contributed by atoms with E-state index >= 15 is 0 Å². The second kappa shape index (κ2) is 7.50. The predicted molar refractivity (Wildman–Crippen MR) is 95.3 cm³/mol. The van der Waals surface area contributed by atoms with Gasteiger partial charge in [0.05, 0.1) is 25.0 Å². The Bertz CT molecular complexity index is 667. The van der Waals surface area contributed by atoms with Gasteiger partial charge in [-0.05, 0) is 49.1 Å². The van der Waals surface area contributed by atoms with Gasteiger partial charge in [-0.2, -0.15) is 0 Å². The highest BCUT2D eigenvalue weighted by atomic mass is 16.5. The van der Waals surface area contributed by atoms with Crippen LogP contribution >= 0.6 is 0 Å². The molecule has 0 amide bonds. The third-order valence-electron chi connectivity index (χ3n) is 5.43. The molecule has 1 aliphatic carbocycles. The average Bonchev–Trinajstić information content (AvgIpc) is 3.03. The van der Waals surface area contributed by atoms with E-state index in [2.05, 4.69) is 27.0 Å². The van der Waals surface area contributed by atoms with Gasteiger partial charge in [0, 0.05) is 44.1 Å². The molecule has 132 valence electrons. The van der Waals surface area contributed by atoms with Gasteiger partial charge >= 0.3 is 0 Å². The van der Waals surface area contributed by atoms with Crippen LogP contribution in [-0.2, 0) is 11.3 Å². The number of pyridine rings is 2. The van der Waals surface area contributed by atoms with Crippen molar-refractivity contribution in [2.75, 3.05) is 26.3 Å². The van der Waals surface area contributed by atoms with E-state index in [1.807, 2.05) is 24.5 Å². The lowest BCUT2D eigenvalue weighted by atomic mass is 9.89. The van der Waals surface area contributed by atoms with E-state index in [1.54, 1.807) is 12.4 Å². The molecule has 0 aromatic carbocycles. The number of ether oxygens (including phenoxy) is 2. The van der Waals surface area contributed by atoms with Crippen LogP contribution in [0.4, 0.5) is 0 Å². The van der Waals surface area contributed by atoms with Crippen molar-refractivity contribution in [3.8, 4) is 5.75 Å². The van der Waals surface area contributed by atoms with E-state index in [4.69, 9.17) is 9.47 Å². The first kappa shape index (κ1) is 16.5. The number of aromatic nitrogens is 2. The topological polar surface area (TPSA) is 47.5 Å². The molecular formula is C20H25N3O2. The van der Waals surface area contributed by atoms with Gasteiger partial charge in [-0.1, -0.05) is 0 Å². The lowest BCUT2D eigenvalue weighted by Crippen LogP contribution is -2.54. The fourth-order valence-corrected chi connectivity index (χ4v) is 4.14. The molecule has 4 rings (SSSR count). The summed E-state index contributed by atoms with van der Waals surface area (Å²) in [6, 6.07) is 8.07. The standard InChI is InChI=1S/C20H25N3O2/c1-3-18(15-24-19-4-2-8-22-13-19)20(7-1)16-23(11-12-25-20)14-17-5-9-21-10-6-17/h2,4-6,8-10,13,18H,1,3,7,11-12,14-16H2/t18-,20+/m0/s1. The average molecular weight is 339 g/mol. The number of nitrogens with zero attached hydrogens (tertiary/aromatic N) is 3. The van der Waals surface area contributed by atoms with Gasteiger partial charge in [0.2, 0.25) is 0 Å². The first-order chi connectivity index (χ1) is 12.3. The normalized spacial score (nSPS) is 26.8. The van der Waals surface area contributed by atoms with Crippen molar-refractivity contribution in [1.29, 1.82) is 0 Å². The maximum atomic E-state index is 6.35. The Labute approximate surface area is 149 Å². The van der Waals surface area contributed by atoms with Crippen LogP contribution in [0.5, 0.6) is 5.75 Å². The quantitative estimate of drug-likeness (QED) is 0.838. The van der Waals surface area contributed by atoms with Crippen molar-refractivity contribution < 1.29 is 9.47 Å². The van der Waals surface area contributed by atoms with E-state index in [0.29, 0.717) is 12.5 Å². The van der Waals surface area contributed by atoms with Crippen molar-refractivity contribution in [3.63, 3.8) is 0 Å². The van der Waals surface area contributed by atoms with Gasteiger partial charge in [-0.15, -0.1) is 0 Å². The Morgan fingerprint density at radius 3 is 2.96 bits per heavy atom. The van der Waals surface area contributed by atoms with Crippen molar-refractivity contribution >= 4 is 0 Å². The molecule has 0 radical (unpaired) electrons. The molecule has 2 fully saturated rings.